The molecule has 100 valence electrons. The summed E-state index contributed by atoms with van der Waals surface area (Å²) in [6.45, 7) is 6.56. The van der Waals surface area contributed by atoms with Crippen molar-refractivity contribution >= 4 is 0 Å². The average molecular weight is 258 g/mol. The summed E-state index contributed by atoms with van der Waals surface area (Å²) in [6.07, 6.45) is 3.69. The van der Waals surface area contributed by atoms with Crippen LogP contribution in [0, 0.1) is 19.7 Å². The Hall–Kier alpha value is -1.74. The molecule has 1 aromatic carbocycles. The van der Waals surface area contributed by atoms with Gasteiger partial charge in [-0.1, -0.05) is 18.2 Å². The number of aromatic nitrogens is 1. The molecule has 0 fully saturated rings. The third kappa shape index (κ3) is 3.61. The lowest BCUT2D eigenvalue weighted by molar-refractivity contribution is 0.562. The molecule has 0 saturated carbocycles. The van der Waals surface area contributed by atoms with E-state index in [0.29, 0.717) is 5.56 Å². The molecule has 2 nitrogen and oxygen atoms in total. The molecule has 1 N–H and O–H groups in total. The number of nitrogens with one attached hydrogen (secondary N) is 1. The Morgan fingerprint density at radius 3 is 2.68 bits per heavy atom. The summed E-state index contributed by atoms with van der Waals surface area (Å²) in [7, 11) is 0. The first kappa shape index (κ1) is 13.7. The maximum Gasteiger partial charge on any atom is 0.126 e. The Labute approximate surface area is 113 Å². The number of pyridine rings is 1. The zero-order valence-electron chi connectivity index (χ0n) is 11.6. The smallest absolute Gasteiger partial charge is 0.126 e. The summed E-state index contributed by atoms with van der Waals surface area (Å²) >= 11 is 0. The molecular weight excluding hydrogens is 239 g/mol. The van der Waals surface area contributed by atoms with Crippen molar-refractivity contribution in [2.75, 3.05) is 0 Å². The number of halogens is 1. The van der Waals surface area contributed by atoms with Crippen LogP contribution in [0.2, 0.25) is 0 Å². The van der Waals surface area contributed by atoms with Gasteiger partial charge in [0.15, 0.2) is 0 Å². The highest BCUT2D eigenvalue weighted by Gasteiger charge is 2.07. The van der Waals surface area contributed by atoms with Gasteiger partial charge in [0.1, 0.15) is 5.82 Å². The molecule has 0 aliphatic heterocycles. The van der Waals surface area contributed by atoms with Crippen LogP contribution in [0.1, 0.15) is 35.2 Å². The van der Waals surface area contributed by atoms with Crippen molar-refractivity contribution in [1.82, 2.24) is 10.3 Å². The van der Waals surface area contributed by atoms with E-state index in [9.17, 15) is 4.39 Å². The number of rotatable bonds is 4. The molecular formula is C16H19FN2. The van der Waals surface area contributed by atoms with Crippen molar-refractivity contribution in [2.24, 2.45) is 0 Å². The summed E-state index contributed by atoms with van der Waals surface area (Å²) in [5.74, 6) is -0.150. The maximum atomic E-state index is 13.5. The highest BCUT2D eigenvalue weighted by atomic mass is 19.1. The van der Waals surface area contributed by atoms with Gasteiger partial charge < -0.3 is 5.32 Å². The average Bonchev–Trinajstić information content (AvgIpc) is 2.39. The zero-order valence-corrected chi connectivity index (χ0v) is 11.6. The fourth-order valence-corrected chi connectivity index (χ4v) is 1.98. The molecule has 0 radical (unpaired) electrons. The van der Waals surface area contributed by atoms with E-state index in [0.717, 1.165) is 23.2 Å². The molecule has 0 saturated heterocycles. The summed E-state index contributed by atoms with van der Waals surface area (Å²) in [4.78, 5) is 4.16. The van der Waals surface area contributed by atoms with Crippen LogP contribution in [-0.4, -0.2) is 4.98 Å². The second kappa shape index (κ2) is 5.93. The fourth-order valence-electron chi connectivity index (χ4n) is 1.98. The number of aryl methyl sites for hydroxylation is 2. The van der Waals surface area contributed by atoms with Gasteiger partial charge in [0, 0.05) is 25.0 Å². The second-order valence-electron chi connectivity index (χ2n) is 4.98. The van der Waals surface area contributed by atoms with Crippen LogP contribution in [-0.2, 0) is 6.54 Å². The van der Waals surface area contributed by atoms with Crippen LogP contribution in [0.15, 0.2) is 36.7 Å². The van der Waals surface area contributed by atoms with Gasteiger partial charge in [-0.25, -0.2) is 4.39 Å². The molecule has 1 atom stereocenters. The Morgan fingerprint density at radius 1 is 1.21 bits per heavy atom. The highest BCUT2D eigenvalue weighted by Crippen LogP contribution is 2.16. The Balaban J connectivity index is 2.01. The van der Waals surface area contributed by atoms with Crippen molar-refractivity contribution < 1.29 is 4.39 Å². The first-order chi connectivity index (χ1) is 9.06. The van der Waals surface area contributed by atoms with Gasteiger partial charge in [0.05, 0.1) is 0 Å². The van der Waals surface area contributed by atoms with E-state index in [1.54, 1.807) is 13.0 Å². The number of benzene rings is 1. The van der Waals surface area contributed by atoms with E-state index in [1.165, 1.54) is 0 Å². The van der Waals surface area contributed by atoms with E-state index < -0.39 is 0 Å². The summed E-state index contributed by atoms with van der Waals surface area (Å²) in [5, 5.41) is 3.38. The van der Waals surface area contributed by atoms with E-state index in [4.69, 9.17) is 0 Å². The predicted molar refractivity (Wildman–Crippen MR) is 75.4 cm³/mol. The SMILES string of the molecule is Cc1cncc(CNC(C)c2ccc(C)c(F)c2)c1. The molecule has 1 aromatic heterocycles. The minimum atomic E-state index is -0.150. The summed E-state index contributed by atoms with van der Waals surface area (Å²) < 4.78 is 13.5. The fraction of sp³-hybridized carbons (Fsp3) is 0.312. The molecule has 3 heteroatoms. The van der Waals surface area contributed by atoms with Crippen LogP contribution in [0.5, 0.6) is 0 Å². The third-order valence-corrected chi connectivity index (χ3v) is 3.24. The summed E-state index contributed by atoms with van der Waals surface area (Å²) in [5.41, 5.74) is 3.93. The van der Waals surface area contributed by atoms with Gasteiger partial charge in [-0.2, -0.15) is 0 Å². The van der Waals surface area contributed by atoms with Crippen molar-refractivity contribution in [3.8, 4) is 0 Å². The monoisotopic (exact) mass is 258 g/mol. The van der Waals surface area contributed by atoms with Crippen molar-refractivity contribution in [3.05, 3.63) is 64.7 Å². The van der Waals surface area contributed by atoms with Gasteiger partial charge in [-0.15, -0.1) is 0 Å². The Morgan fingerprint density at radius 2 is 2.00 bits per heavy atom. The highest BCUT2D eigenvalue weighted by molar-refractivity contribution is 5.25. The van der Waals surface area contributed by atoms with Crippen molar-refractivity contribution in [2.45, 2.75) is 33.4 Å². The second-order valence-corrected chi connectivity index (χ2v) is 4.98. The molecule has 19 heavy (non-hydrogen) atoms. The van der Waals surface area contributed by atoms with E-state index in [2.05, 4.69) is 16.4 Å². The van der Waals surface area contributed by atoms with Gasteiger partial charge in [0.2, 0.25) is 0 Å². The van der Waals surface area contributed by atoms with Gasteiger partial charge in [-0.3, -0.25) is 4.98 Å². The quantitative estimate of drug-likeness (QED) is 0.904. The largest absolute Gasteiger partial charge is 0.306 e. The summed E-state index contributed by atoms with van der Waals surface area (Å²) in [6, 6.07) is 7.58. The van der Waals surface area contributed by atoms with E-state index in [1.807, 2.05) is 38.4 Å². The molecule has 1 heterocycles. The molecule has 0 amide bonds. The Kier molecular flexibility index (Phi) is 4.27. The molecule has 0 bridgehead atoms. The van der Waals surface area contributed by atoms with Crippen molar-refractivity contribution in [1.29, 1.82) is 0 Å². The van der Waals surface area contributed by atoms with Gasteiger partial charge in [0.25, 0.3) is 0 Å². The number of nitrogens with zero attached hydrogens (tertiary/aromatic N) is 1. The molecule has 0 spiro atoms. The first-order valence-corrected chi connectivity index (χ1v) is 6.46. The van der Waals surface area contributed by atoms with E-state index in [-0.39, 0.29) is 11.9 Å². The van der Waals surface area contributed by atoms with Crippen LogP contribution in [0.25, 0.3) is 0 Å². The predicted octanol–water partition coefficient (Wildman–Crippen LogP) is 3.69. The standard InChI is InChI=1S/C16H19FN2/c1-11-6-14(9-18-8-11)10-19-13(3)15-5-4-12(2)16(17)7-15/h4-9,13,19H,10H2,1-3H3. The molecule has 2 rings (SSSR count). The lowest BCUT2D eigenvalue weighted by Crippen LogP contribution is -2.18. The van der Waals surface area contributed by atoms with Crippen LogP contribution in [0.3, 0.4) is 0 Å². The maximum absolute atomic E-state index is 13.5. The van der Waals surface area contributed by atoms with Crippen LogP contribution < -0.4 is 5.32 Å². The third-order valence-electron chi connectivity index (χ3n) is 3.24. The van der Waals surface area contributed by atoms with Crippen molar-refractivity contribution in [3.63, 3.8) is 0 Å². The lowest BCUT2D eigenvalue weighted by atomic mass is 10.1. The van der Waals surface area contributed by atoms with Crippen LogP contribution in [0.4, 0.5) is 4.39 Å². The normalized spacial score (nSPS) is 12.4. The Bertz CT molecular complexity index is 566. The molecule has 0 aliphatic rings. The zero-order chi connectivity index (χ0) is 13.8. The molecule has 1 unspecified atom stereocenters. The minimum absolute atomic E-state index is 0.107. The van der Waals surface area contributed by atoms with E-state index >= 15 is 0 Å². The molecule has 0 aliphatic carbocycles. The number of hydrogen-bond acceptors (Lipinski definition) is 2. The lowest BCUT2D eigenvalue weighted by Gasteiger charge is -2.15. The number of hydrogen-bond donors (Lipinski definition) is 1. The van der Waals surface area contributed by atoms with Gasteiger partial charge >= 0.3 is 0 Å². The first-order valence-electron chi connectivity index (χ1n) is 6.46. The minimum Gasteiger partial charge on any atom is -0.306 e. The topological polar surface area (TPSA) is 24.9 Å². The van der Waals surface area contributed by atoms with Gasteiger partial charge in [-0.05, 0) is 49.1 Å². The van der Waals surface area contributed by atoms with Crippen LogP contribution >= 0.6 is 0 Å². The molecule has 2 aromatic rings.